The van der Waals surface area contributed by atoms with E-state index < -0.39 is 0 Å². The third-order valence-electron chi connectivity index (χ3n) is 3.73. The molecule has 106 valence electrons. The quantitative estimate of drug-likeness (QED) is 0.748. The van der Waals surface area contributed by atoms with Crippen molar-refractivity contribution in [2.45, 2.75) is 26.7 Å². The van der Waals surface area contributed by atoms with Crippen LogP contribution in [0.5, 0.6) is 0 Å². The standard InChI is InChI=1S/C13H22N4O2/c1-9-13(10(2)16-15-9)14-12(19)7-17-5-3-11(8-18)4-6-17/h11,18H,3-8H2,1-2H3,(H,14,19)(H,15,16). The van der Waals surface area contributed by atoms with Crippen LogP contribution < -0.4 is 5.32 Å². The maximum absolute atomic E-state index is 12.0. The highest BCUT2D eigenvalue weighted by Crippen LogP contribution is 2.18. The van der Waals surface area contributed by atoms with E-state index in [4.69, 9.17) is 5.11 Å². The smallest absolute Gasteiger partial charge is 0.238 e. The Bertz CT molecular complexity index is 416. The summed E-state index contributed by atoms with van der Waals surface area (Å²) < 4.78 is 0. The van der Waals surface area contributed by atoms with Gasteiger partial charge in [-0.05, 0) is 45.7 Å². The predicted octanol–water partition coefficient (Wildman–Crippen LogP) is 0.669. The van der Waals surface area contributed by atoms with Crippen LogP contribution in [0.4, 0.5) is 5.69 Å². The first-order chi connectivity index (χ1) is 9.10. The van der Waals surface area contributed by atoms with Crippen LogP contribution >= 0.6 is 0 Å². The fourth-order valence-electron chi connectivity index (χ4n) is 2.44. The van der Waals surface area contributed by atoms with Gasteiger partial charge in [0.2, 0.25) is 5.91 Å². The van der Waals surface area contributed by atoms with Gasteiger partial charge in [-0.3, -0.25) is 14.8 Å². The molecule has 1 amide bonds. The summed E-state index contributed by atoms with van der Waals surface area (Å²) in [4.78, 5) is 14.1. The summed E-state index contributed by atoms with van der Waals surface area (Å²) in [6.07, 6.45) is 1.93. The van der Waals surface area contributed by atoms with E-state index in [0.29, 0.717) is 12.5 Å². The molecule has 3 N–H and O–H groups in total. The average molecular weight is 266 g/mol. The van der Waals surface area contributed by atoms with E-state index in [1.165, 1.54) is 0 Å². The number of hydrogen-bond acceptors (Lipinski definition) is 4. The second kappa shape index (κ2) is 6.16. The molecular weight excluding hydrogens is 244 g/mol. The number of aryl methyl sites for hydroxylation is 2. The van der Waals surface area contributed by atoms with Gasteiger partial charge in [0.15, 0.2) is 0 Å². The first kappa shape index (κ1) is 14.0. The molecule has 6 heteroatoms. The molecule has 19 heavy (non-hydrogen) atoms. The average Bonchev–Trinajstić information content (AvgIpc) is 2.71. The molecule has 6 nitrogen and oxygen atoms in total. The van der Waals surface area contributed by atoms with Gasteiger partial charge < -0.3 is 10.4 Å². The number of piperidine rings is 1. The van der Waals surface area contributed by atoms with Crippen LogP contribution in [0.25, 0.3) is 0 Å². The summed E-state index contributed by atoms with van der Waals surface area (Å²) in [7, 11) is 0. The van der Waals surface area contributed by atoms with Crippen LogP contribution in [-0.2, 0) is 4.79 Å². The summed E-state index contributed by atoms with van der Waals surface area (Å²) in [5.74, 6) is 0.396. The zero-order valence-electron chi connectivity index (χ0n) is 11.6. The Morgan fingerprint density at radius 3 is 2.68 bits per heavy atom. The minimum absolute atomic E-state index is 0.00458. The molecule has 2 heterocycles. The first-order valence-electron chi connectivity index (χ1n) is 6.74. The van der Waals surface area contributed by atoms with Gasteiger partial charge in [0, 0.05) is 6.61 Å². The maximum Gasteiger partial charge on any atom is 0.238 e. The van der Waals surface area contributed by atoms with E-state index in [0.717, 1.165) is 43.0 Å². The molecule has 0 atom stereocenters. The van der Waals surface area contributed by atoms with Crippen molar-refractivity contribution >= 4 is 11.6 Å². The van der Waals surface area contributed by atoms with Gasteiger partial charge >= 0.3 is 0 Å². The number of anilines is 1. The molecule has 0 aliphatic carbocycles. The number of aromatic amines is 1. The molecule has 0 radical (unpaired) electrons. The second-order valence-corrected chi connectivity index (χ2v) is 5.26. The van der Waals surface area contributed by atoms with Gasteiger partial charge in [-0.25, -0.2) is 0 Å². The maximum atomic E-state index is 12.0. The summed E-state index contributed by atoms with van der Waals surface area (Å²) in [6, 6.07) is 0. The van der Waals surface area contributed by atoms with Crippen molar-refractivity contribution in [1.29, 1.82) is 0 Å². The zero-order valence-corrected chi connectivity index (χ0v) is 11.6. The molecule has 1 aromatic heterocycles. The zero-order chi connectivity index (χ0) is 13.8. The predicted molar refractivity (Wildman–Crippen MR) is 72.9 cm³/mol. The highest BCUT2D eigenvalue weighted by Gasteiger charge is 2.20. The molecule has 0 saturated carbocycles. The number of hydrogen-bond donors (Lipinski definition) is 3. The molecular formula is C13H22N4O2. The van der Waals surface area contributed by atoms with Crippen molar-refractivity contribution in [2.24, 2.45) is 5.92 Å². The number of rotatable bonds is 4. The van der Waals surface area contributed by atoms with Gasteiger partial charge in [-0.15, -0.1) is 0 Å². The Morgan fingerprint density at radius 2 is 2.16 bits per heavy atom. The molecule has 2 rings (SSSR count). The molecule has 0 bridgehead atoms. The summed E-state index contributed by atoms with van der Waals surface area (Å²) in [5.41, 5.74) is 2.48. The summed E-state index contributed by atoms with van der Waals surface area (Å²) in [5, 5.41) is 18.9. The Balaban J connectivity index is 1.82. The van der Waals surface area contributed by atoms with Crippen molar-refractivity contribution in [1.82, 2.24) is 15.1 Å². The molecule has 1 aromatic rings. The molecule has 0 spiro atoms. The number of amides is 1. The molecule has 1 aliphatic heterocycles. The number of carbonyl (C=O) groups is 1. The van der Waals surface area contributed by atoms with Crippen molar-refractivity contribution in [3.63, 3.8) is 0 Å². The first-order valence-corrected chi connectivity index (χ1v) is 6.74. The van der Waals surface area contributed by atoms with Gasteiger partial charge in [-0.1, -0.05) is 0 Å². The number of aliphatic hydroxyl groups is 1. The highest BCUT2D eigenvalue weighted by molar-refractivity contribution is 5.93. The van der Waals surface area contributed by atoms with E-state index in [1.807, 2.05) is 13.8 Å². The third kappa shape index (κ3) is 3.54. The third-order valence-corrected chi connectivity index (χ3v) is 3.73. The number of aromatic nitrogens is 2. The van der Waals surface area contributed by atoms with Crippen molar-refractivity contribution in [2.75, 3.05) is 31.6 Å². The summed E-state index contributed by atoms with van der Waals surface area (Å²) >= 11 is 0. The minimum atomic E-state index is -0.00458. The van der Waals surface area contributed by atoms with E-state index in [2.05, 4.69) is 20.4 Å². The lowest BCUT2D eigenvalue weighted by Crippen LogP contribution is -2.39. The van der Waals surface area contributed by atoms with E-state index in [-0.39, 0.29) is 12.5 Å². The van der Waals surface area contributed by atoms with Crippen LogP contribution in [0.1, 0.15) is 24.2 Å². The lowest BCUT2D eigenvalue weighted by Gasteiger charge is -2.30. The van der Waals surface area contributed by atoms with E-state index in [9.17, 15) is 4.79 Å². The van der Waals surface area contributed by atoms with Crippen molar-refractivity contribution in [3.05, 3.63) is 11.4 Å². The Kier molecular flexibility index (Phi) is 4.55. The minimum Gasteiger partial charge on any atom is -0.396 e. The van der Waals surface area contributed by atoms with E-state index >= 15 is 0 Å². The fourth-order valence-corrected chi connectivity index (χ4v) is 2.44. The lowest BCUT2D eigenvalue weighted by molar-refractivity contribution is -0.117. The SMILES string of the molecule is Cc1n[nH]c(C)c1NC(=O)CN1CCC(CO)CC1. The van der Waals surface area contributed by atoms with Crippen LogP contribution in [0.15, 0.2) is 0 Å². The van der Waals surface area contributed by atoms with Crippen LogP contribution in [-0.4, -0.2) is 52.4 Å². The van der Waals surface area contributed by atoms with Crippen molar-refractivity contribution < 1.29 is 9.90 Å². The van der Waals surface area contributed by atoms with E-state index in [1.54, 1.807) is 0 Å². The number of H-pyrrole nitrogens is 1. The highest BCUT2D eigenvalue weighted by atomic mass is 16.3. The molecule has 1 fully saturated rings. The number of likely N-dealkylation sites (tertiary alicyclic amines) is 1. The fraction of sp³-hybridized carbons (Fsp3) is 0.692. The second-order valence-electron chi connectivity index (χ2n) is 5.26. The van der Waals surface area contributed by atoms with Gasteiger partial charge in [0.05, 0.1) is 23.6 Å². The number of nitrogens with zero attached hydrogens (tertiary/aromatic N) is 2. The van der Waals surface area contributed by atoms with Crippen molar-refractivity contribution in [3.8, 4) is 0 Å². The molecule has 0 aromatic carbocycles. The number of nitrogens with one attached hydrogen (secondary N) is 2. The number of aliphatic hydroxyl groups excluding tert-OH is 1. The van der Waals surface area contributed by atoms with Crippen LogP contribution in [0, 0.1) is 19.8 Å². The Labute approximate surface area is 113 Å². The Hall–Kier alpha value is -1.40. The van der Waals surface area contributed by atoms with Gasteiger partial charge in [-0.2, -0.15) is 5.10 Å². The number of carbonyl (C=O) groups excluding carboxylic acids is 1. The van der Waals surface area contributed by atoms with Gasteiger partial charge in [0.25, 0.3) is 0 Å². The largest absolute Gasteiger partial charge is 0.396 e. The molecule has 1 saturated heterocycles. The van der Waals surface area contributed by atoms with Crippen LogP contribution in [0.3, 0.4) is 0 Å². The normalized spacial score (nSPS) is 17.6. The molecule has 1 aliphatic rings. The lowest BCUT2D eigenvalue weighted by atomic mass is 9.98. The molecule has 0 unspecified atom stereocenters. The van der Waals surface area contributed by atoms with Gasteiger partial charge in [0.1, 0.15) is 0 Å². The summed E-state index contributed by atoms with van der Waals surface area (Å²) in [6.45, 7) is 6.17. The monoisotopic (exact) mass is 266 g/mol. The Morgan fingerprint density at radius 1 is 1.47 bits per heavy atom. The van der Waals surface area contributed by atoms with Crippen LogP contribution in [0.2, 0.25) is 0 Å². The topological polar surface area (TPSA) is 81.2 Å².